The number of aryl methyl sites for hydroxylation is 1. The summed E-state index contributed by atoms with van der Waals surface area (Å²) in [6.45, 7) is 2.27. The number of halogens is 1. The smallest absolute Gasteiger partial charge is 0.227 e. The molecule has 0 aliphatic heterocycles. The van der Waals surface area contributed by atoms with Crippen LogP contribution in [0.25, 0.3) is 0 Å². The van der Waals surface area contributed by atoms with Crippen LogP contribution < -0.4 is 10.6 Å². The van der Waals surface area contributed by atoms with E-state index < -0.39 is 5.82 Å². The molecule has 1 aliphatic rings. The summed E-state index contributed by atoms with van der Waals surface area (Å²) in [6.07, 6.45) is 4.96. The molecule has 0 radical (unpaired) electrons. The summed E-state index contributed by atoms with van der Waals surface area (Å²) in [5.41, 5.74) is 2.11. The van der Waals surface area contributed by atoms with Crippen LogP contribution in [0.5, 0.6) is 0 Å². The van der Waals surface area contributed by atoms with Gasteiger partial charge in [0, 0.05) is 18.2 Å². The first-order valence-corrected chi connectivity index (χ1v) is 8.30. The molecule has 0 bridgehead atoms. The van der Waals surface area contributed by atoms with E-state index in [-0.39, 0.29) is 17.6 Å². The van der Waals surface area contributed by atoms with Gasteiger partial charge in [0.05, 0.1) is 5.69 Å². The number of amides is 1. The van der Waals surface area contributed by atoms with Crippen molar-refractivity contribution in [2.45, 2.75) is 39.2 Å². The van der Waals surface area contributed by atoms with E-state index in [9.17, 15) is 9.18 Å². The molecule has 1 saturated carbocycles. The molecule has 126 valence electrons. The summed E-state index contributed by atoms with van der Waals surface area (Å²) in [4.78, 5) is 19.9. The maximum Gasteiger partial charge on any atom is 0.227 e. The fourth-order valence-corrected chi connectivity index (χ4v) is 2.64. The van der Waals surface area contributed by atoms with Crippen molar-refractivity contribution < 1.29 is 9.18 Å². The molecule has 1 heterocycles. The molecule has 2 N–H and O–H groups in total. The van der Waals surface area contributed by atoms with Crippen molar-refractivity contribution in [3.8, 4) is 0 Å². The molecule has 1 aliphatic carbocycles. The highest BCUT2D eigenvalue weighted by molar-refractivity contribution is 5.93. The largest absolute Gasteiger partial charge is 0.363 e. The zero-order valence-corrected chi connectivity index (χ0v) is 13.7. The van der Waals surface area contributed by atoms with Gasteiger partial charge in [-0.15, -0.1) is 0 Å². The van der Waals surface area contributed by atoms with Gasteiger partial charge in [0.15, 0.2) is 11.6 Å². The van der Waals surface area contributed by atoms with Gasteiger partial charge in [0.25, 0.3) is 0 Å². The summed E-state index contributed by atoms with van der Waals surface area (Å²) in [5, 5.41) is 5.94. The fraction of sp³-hybridized carbons (Fsp3) is 0.389. The van der Waals surface area contributed by atoms with Gasteiger partial charge in [-0.1, -0.05) is 25.5 Å². The Morgan fingerprint density at radius 3 is 2.88 bits per heavy atom. The van der Waals surface area contributed by atoms with Crippen LogP contribution in [0.1, 0.15) is 37.4 Å². The zero-order chi connectivity index (χ0) is 16.9. The van der Waals surface area contributed by atoms with Gasteiger partial charge in [-0.3, -0.25) is 4.79 Å². The number of aromatic nitrogens is 2. The van der Waals surface area contributed by atoms with Crippen LogP contribution in [0, 0.1) is 11.7 Å². The predicted octanol–water partition coefficient (Wildman–Crippen LogP) is 3.53. The van der Waals surface area contributed by atoms with Crippen molar-refractivity contribution in [2.24, 2.45) is 5.92 Å². The van der Waals surface area contributed by atoms with E-state index in [0.29, 0.717) is 18.7 Å². The van der Waals surface area contributed by atoms with E-state index in [1.54, 1.807) is 0 Å². The molecule has 0 atom stereocenters. The Hall–Kier alpha value is -2.50. The highest BCUT2D eigenvalue weighted by Gasteiger charge is 2.25. The average molecular weight is 328 g/mol. The number of hydrogen-bond acceptors (Lipinski definition) is 4. The highest BCUT2D eigenvalue weighted by Crippen LogP contribution is 2.27. The van der Waals surface area contributed by atoms with E-state index in [2.05, 4.69) is 20.6 Å². The first kappa shape index (κ1) is 16.4. The summed E-state index contributed by atoms with van der Waals surface area (Å²) < 4.78 is 14.1. The van der Waals surface area contributed by atoms with Gasteiger partial charge >= 0.3 is 0 Å². The molecule has 24 heavy (non-hydrogen) atoms. The summed E-state index contributed by atoms with van der Waals surface area (Å²) in [5.74, 6) is 0.0235. The Kier molecular flexibility index (Phi) is 5.03. The second-order valence-corrected chi connectivity index (χ2v) is 6.01. The zero-order valence-electron chi connectivity index (χ0n) is 13.7. The molecule has 3 rings (SSSR count). The van der Waals surface area contributed by atoms with Crippen molar-refractivity contribution in [3.63, 3.8) is 0 Å². The first-order chi connectivity index (χ1) is 11.7. The standard InChI is InChI=1S/C18H21FN4O/c1-2-15-16(19)17(22-11-21-15)20-10-12-5-3-8-14(9-12)23-18(24)13-6-4-7-13/h3,5,8-9,11,13H,2,4,6-7,10H2,1H3,(H,23,24)(H,20,21,22). The maximum absolute atomic E-state index is 14.1. The first-order valence-electron chi connectivity index (χ1n) is 8.30. The summed E-state index contributed by atoms with van der Waals surface area (Å²) in [7, 11) is 0. The molecule has 0 spiro atoms. The lowest BCUT2D eigenvalue weighted by Gasteiger charge is -2.24. The van der Waals surface area contributed by atoms with Crippen molar-refractivity contribution >= 4 is 17.4 Å². The van der Waals surface area contributed by atoms with Crippen LogP contribution in [0.3, 0.4) is 0 Å². The van der Waals surface area contributed by atoms with Crippen LogP contribution >= 0.6 is 0 Å². The second-order valence-electron chi connectivity index (χ2n) is 6.01. The summed E-state index contributed by atoms with van der Waals surface area (Å²) in [6, 6.07) is 7.55. The lowest BCUT2D eigenvalue weighted by Crippen LogP contribution is -2.28. The van der Waals surface area contributed by atoms with Gasteiger partial charge in [-0.2, -0.15) is 0 Å². The molecule has 6 heteroatoms. The van der Waals surface area contributed by atoms with Crippen LogP contribution in [0.2, 0.25) is 0 Å². The Morgan fingerprint density at radius 2 is 2.17 bits per heavy atom. The predicted molar refractivity (Wildman–Crippen MR) is 91.1 cm³/mol. The molecule has 0 saturated heterocycles. The Bertz CT molecular complexity index is 731. The van der Waals surface area contributed by atoms with Crippen molar-refractivity contribution in [1.82, 2.24) is 9.97 Å². The third kappa shape index (κ3) is 3.69. The molecular formula is C18H21FN4O. The minimum absolute atomic E-state index is 0.0841. The third-order valence-corrected chi connectivity index (χ3v) is 4.33. The topological polar surface area (TPSA) is 66.9 Å². The minimum Gasteiger partial charge on any atom is -0.363 e. The lowest BCUT2D eigenvalue weighted by atomic mass is 9.85. The summed E-state index contributed by atoms with van der Waals surface area (Å²) >= 11 is 0. The minimum atomic E-state index is -0.408. The monoisotopic (exact) mass is 328 g/mol. The molecule has 1 amide bonds. The van der Waals surface area contributed by atoms with Gasteiger partial charge in [-0.05, 0) is 37.0 Å². The number of carbonyl (C=O) groups excluding carboxylic acids is 1. The molecular weight excluding hydrogens is 307 g/mol. The second kappa shape index (κ2) is 7.38. The quantitative estimate of drug-likeness (QED) is 0.851. The van der Waals surface area contributed by atoms with E-state index in [1.807, 2.05) is 31.2 Å². The van der Waals surface area contributed by atoms with Crippen molar-refractivity contribution in [2.75, 3.05) is 10.6 Å². The van der Waals surface area contributed by atoms with E-state index in [1.165, 1.54) is 6.33 Å². The van der Waals surface area contributed by atoms with Gasteiger partial charge in [0.1, 0.15) is 6.33 Å². The van der Waals surface area contributed by atoms with Gasteiger partial charge < -0.3 is 10.6 Å². The highest BCUT2D eigenvalue weighted by atomic mass is 19.1. The van der Waals surface area contributed by atoms with Crippen LogP contribution in [0.4, 0.5) is 15.9 Å². The fourth-order valence-electron chi connectivity index (χ4n) is 2.64. The number of nitrogens with zero attached hydrogens (tertiary/aromatic N) is 2. The normalized spacial score (nSPS) is 14.1. The molecule has 1 aromatic heterocycles. The average Bonchev–Trinajstić information content (AvgIpc) is 2.52. The van der Waals surface area contributed by atoms with E-state index in [4.69, 9.17) is 0 Å². The third-order valence-electron chi connectivity index (χ3n) is 4.33. The van der Waals surface area contributed by atoms with Crippen molar-refractivity contribution in [3.05, 3.63) is 47.7 Å². The van der Waals surface area contributed by atoms with Crippen molar-refractivity contribution in [1.29, 1.82) is 0 Å². The molecule has 1 fully saturated rings. The Balaban J connectivity index is 1.63. The van der Waals surface area contributed by atoms with E-state index >= 15 is 0 Å². The van der Waals surface area contributed by atoms with Gasteiger partial charge in [0.2, 0.25) is 5.91 Å². The van der Waals surface area contributed by atoms with Crippen LogP contribution in [-0.2, 0) is 17.8 Å². The molecule has 1 aromatic carbocycles. The lowest BCUT2D eigenvalue weighted by molar-refractivity contribution is -0.122. The number of rotatable bonds is 6. The van der Waals surface area contributed by atoms with Crippen LogP contribution in [-0.4, -0.2) is 15.9 Å². The molecule has 0 unspecified atom stereocenters. The molecule has 2 aromatic rings. The SMILES string of the molecule is CCc1ncnc(NCc2cccc(NC(=O)C3CCC3)c2)c1F. The number of anilines is 2. The molecule has 5 nitrogen and oxygen atoms in total. The Labute approximate surface area is 140 Å². The number of hydrogen-bond donors (Lipinski definition) is 2. The Morgan fingerprint density at radius 1 is 1.33 bits per heavy atom. The number of carbonyl (C=O) groups is 1. The van der Waals surface area contributed by atoms with E-state index in [0.717, 1.165) is 30.5 Å². The van der Waals surface area contributed by atoms with Gasteiger partial charge in [-0.25, -0.2) is 14.4 Å². The maximum atomic E-state index is 14.1. The number of nitrogens with one attached hydrogen (secondary N) is 2. The van der Waals surface area contributed by atoms with Crippen LogP contribution in [0.15, 0.2) is 30.6 Å². The number of benzene rings is 1.